The van der Waals surface area contributed by atoms with Gasteiger partial charge in [0.2, 0.25) is 5.91 Å². The number of esters is 1. The van der Waals surface area contributed by atoms with E-state index in [0.717, 1.165) is 26.8 Å². The van der Waals surface area contributed by atoms with E-state index in [1.165, 1.54) is 17.6 Å². The molecule has 3 heterocycles. The van der Waals surface area contributed by atoms with Gasteiger partial charge in [0.15, 0.2) is 0 Å². The Morgan fingerprint density at radius 1 is 1.31 bits per heavy atom. The fraction of sp³-hybridized carbons (Fsp3) is 0.417. The van der Waals surface area contributed by atoms with Crippen LogP contribution in [0.3, 0.4) is 0 Å². The Morgan fingerprint density at radius 3 is 2.69 bits per heavy atom. The normalized spacial score (nSPS) is 25.7. The van der Waals surface area contributed by atoms with Gasteiger partial charge in [-0.3, -0.25) is 4.79 Å². The number of carbonyl (C=O) groups is 2. The molecular formula is C24H26N2O5S. The number of hydrogen-bond acceptors (Lipinski definition) is 7. The van der Waals surface area contributed by atoms with E-state index in [1.54, 1.807) is 18.9 Å². The summed E-state index contributed by atoms with van der Waals surface area (Å²) in [6.07, 6.45) is -0.766. The van der Waals surface area contributed by atoms with Crippen LogP contribution in [0, 0.1) is 11.8 Å². The summed E-state index contributed by atoms with van der Waals surface area (Å²) < 4.78 is 7.20. The number of carbonyl (C=O) groups excluding carboxylic acids is 2. The van der Waals surface area contributed by atoms with Gasteiger partial charge in [0, 0.05) is 23.9 Å². The van der Waals surface area contributed by atoms with E-state index in [1.807, 2.05) is 31.2 Å². The largest absolute Gasteiger partial charge is 0.464 e. The molecule has 3 aliphatic heterocycles. The molecule has 0 aliphatic carbocycles. The van der Waals surface area contributed by atoms with Crippen LogP contribution < -0.4 is 0 Å². The predicted octanol–water partition coefficient (Wildman–Crippen LogP) is 2.44. The van der Waals surface area contributed by atoms with Crippen molar-refractivity contribution in [2.24, 2.45) is 11.8 Å². The van der Waals surface area contributed by atoms with Crippen LogP contribution in [0.5, 0.6) is 0 Å². The van der Waals surface area contributed by atoms with Gasteiger partial charge in [0.05, 0.1) is 31.8 Å². The monoisotopic (exact) mass is 454 g/mol. The molecule has 0 saturated carbocycles. The molecule has 1 fully saturated rings. The van der Waals surface area contributed by atoms with E-state index in [-0.39, 0.29) is 24.5 Å². The van der Waals surface area contributed by atoms with Gasteiger partial charge in [-0.15, -0.1) is 0 Å². The molecule has 2 aromatic rings. The molecular weight excluding hydrogens is 428 g/mol. The minimum atomic E-state index is -0.766. The highest BCUT2D eigenvalue weighted by Gasteiger charge is 2.60. The number of fused-ring (bicyclic) bond motifs is 4. The highest BCUT2D eigenvalue weighted by atomic mass is 32.2. The SMILES string of the molecule is COC(=O)C1=C(CN2Cc3c(cc(CO)c4ccccc34)S2)C(C)C2C(C(C)O)C(=O)N12. The predicted molar refractivity (Wildman–Crippen MR) is 120 cm³/mol. The van der Waals surface area contributed by atoms with Crippen molar-refractivity contribution in [3.63, 3.8) is 0 Å². The molecule has 0 radical (unpaired) electrons. The van der Waals surface area contributed by atoms with Crippen molar-refractivity contribution in [2.75, 3.05) is 13.7 Å². The maximum atomic E-state index is 12.7. The Kier molecular flexibility index (Phi) is 5.28. The highest BCUT2D eigenvalue weighted by molar-refractivity contribution is 7.97. The zero-order valence-electron chi connectivity index (χ0n) is 18.2. The second kappa shape index (κ2) is 7.88. The number of ether oxygens (including phenoxy) is 1. The third kappa shape index (κ3) is 3.01. The van der Waals surface area contributed by atoms with Crippen LogP contribution in [0.4, 0.5) is 0 Å². The summed E-state index contributed by atoms with van der Waals surface area (Å²) >= 11 is 1.60. The summed E-state index contributed by atoms with van der Waals surface area (Å²) in [7, 11) is 1.32. The lowest BCUT2D eigenvalue weighted by atomic mass is 9.78. The van der Waals surface area contributed by atoms with Crippen molar-refractivity contribution in [1.82, 2.24) is 9.21 Å². The Labute approximate surface area is 190 Å². The van der Waals surface area contributed by atoms with E-state index >= 15 is 0 Å². The van der Waals surface area contributed by atoms with E-state index in [4.69, 9.17) is 4.74 Å². The number of amides is 1. The fourth-order valence-electron chi connectivity index (χ4n) is 5.42. The van der Waals surface area contributed by atoms with E-state index in [0.29, 0.717) is 18.8 Å². The summed E-state index contributed by atoms with van der Waals surface area (Å²) in [6.45, 7) is 4.80. The molecule has 4 atom stereocenters. The molecule has 0 aromatic heterocycles. The first-order valence-corrected chi connectivity index (χ1v) is 11.5. The number of hydrogen-bond donors (Lipinski definition) is 2. The van der Waals surface area contributed by atoms with Crippen LogP contribution in [0.15, 0.2) is 46.5 Å². The molecule has 1 saturated heterocycles. The number of β-lactam (4-membered cyclic amide) rings is 1. The summed E-state index contributed by atoms with van der Waals surface area (Å²) in [5.41, 5.74) is 3.29. The summed E-state index contributed by atoms with van der Waals surface area (Å²) in [5, 5.41) is 22.1. The summed E-state index contributed by atoms with van der Waals surface area (Å²) in [6, 6.07) is 9.89. The molecule has 32 heavy (non-hydrogen) atoms. The van der Waals surface area contributed by atoms with E-state index in [9.17, 15) is 19.8 Å². The molecule has 8 heteroatoms. The molecule has 7 nitrogen and oxygen atoms in total. The van der Waals surface area contributed by atoms with Crippen molar-refractivity contribution in [2.45, 2.75) is 44.0 Å². The van der Waals surface area contributed by atoms with Crippen LogP contribution >= 0.6 is 11.9 Å². The molecule has 2 aromatic carbocycles. The number of nitrogens with zero attached hydrogens (tertiary/aromatic N) is 2. The smallest absolute Gasteiger partial charge is 0.354 e. The van der Waals surface area contributed by atoms with Crippen LogP contribution in [0.1, 0.15) is 25.0 Å². The Bertz CT molecular complexity index is 1160. The summed E-state index contributed by atoms with van der Waals surface area (Å²) in [5.74, 6) is -1.29. The molecule has 168 valence electrons. The van der Waals surface area contributed by atoms with E-state index < -0.39 is 18.0 Å². The molecule has 1 amide bonds. The van der Waals surface area contributed by atoms with Gasteiger partial charge >= 0.3 is 5.97 Å². The van der Waals surface area contributed by atoms with Crippen LogP contribution in [0.2, 0.25) is 0 Å². The second-order valence-corrected chi connectivity index (χ2v) is 9.86. The molecule has 3 aliphatic rings. The lowest BCUT2D eigenvalue weighted by Gasteiger charge is -2.46. The van der Waals surface area contributed by atoms with Crippen molar-refractivity contribution < 1.29 is 24.5 Å². The van der Waals surface area contributed by atoms with Gasteiger partial charge in [-0.25, -0.2) is 9.10 Å². The number of aliphatic hydroxyl groups is 2. The van der Waals surface area contributed by atoms with Crippen molar-refractivity contribution >= 4 is 34.6 Å². The first kappa shape index (κ1) is 21.5. The van der Waals surface area contributed by atoms with Crippen LogP contribution in [0.25, 0.3) is 10.8 Å². The van der Waals surface area contributed by atoms with Gasteiger partial charge in [-0.1, -0.05) is 31.2 Å². The first-order chi connectivity index (χ1) is 15.4. The average molecular weight is 455 g/mol. The second-order valence-electron chi connectivity index (χ2n) is 8.72. The molecule has 4 unspecified atom stereocenters. The number of methoxy groups -OCH3 is 1. The number of benzene rings is 2. The van der Waals surface area contributed by atoms with Gasteiger partial charge in [0.1, 0.15) is 5.70 Å². The average Bonchev–Trinajstić information content (AvgIpc) is 3.29. The van der Waals surface area contributed by atoms with Crippen LogP contribution in [-0.4, -0.2) is 57.1 Å². The fourth-order valence-corrected chi connectivity index (χ4v) is 6.58. The zero-order chi connectivity index (χ0) is 22.7. The maximum Gasteiger partial charge on any atom is 0.354 e. The maximum absolute atomic E-state index is 12.7. The number of rotatable bonds is 5. The van der Waals surface area contributed by atoms with Crippen molar-refractivity contribution in [1.29, 1.82) is 0 Å². The van der Waals surface area contributed by atoms with Gasteiger partial charge in [0.25, 0.3) is 0 Å². The first-order valence-electron chi connectivity index (χ1n) is 10.8. The van der Waals surface area contributed by atoms with Gasteiger partial charge in [-0.2, -0.15) is 0 Å². The third-order valence-corrected chi connectivity index (χ3v) is 8.05. The number of aliphatic hydroxyl groups excluding tert-OH is 2. The van der Waals surface area contributed by atoms with Gasteiger partial charge < -0.3 is 19.8 Å². The van der Waals surface area contributed by atoms with E-state index in [2.05, 4.69) is 10.4 Å². The molecule has 5 rings (SSSR count). The lowest BCUT2D eigenvalue weighted by molar-refractivity contribution is -0.163. The quantitative estimate of drug-likeness (QED) is 0.407. The Hall–Kier alpha value is -2.39. The van der Waals surface area contributed by atoms with Crippen molar-refractivity contribution in [3.8, 4) is 0 Å². The molecule has 0 spiro atoms. The molecule has 2 N–H and O–H groups in total. The zero-order valence-corrected chi connectivity index (χ0v) is 19.1. The minimum Gasteiger partial charge on any atom is -0.464 e. The third-order valence-electron chi connectivity index (χ3n) is 6.97. The Balaban J connectivity index is 1.48. The molecule has 0 bridgehead atoms. The van der Waals surface area contributed by atoms with Crippen molar-refractivity contribution in [3.05, 3.63) is 52.7 Å². The van der Waals surface area contributed by atoms with Gasteiger partial charge in [-0.05, 0) is 52.4 Å². The Morgan fingerprint density at radius 2 is 2.03 bits per heavy atom. The lowest BCUT2D eigenvalue weighted by Crippen LogP contribution is -2.63. The topological polar surface area (TPSA) is 90.3 Å². The highest BCUT2D eigenvalue weighted by Crippen LogP contribution is 2.49. The standard InChI is InChI=1S/C24H26N2O5S/c1-12-17(22(24(30)31-3)26-21(12)20(13(2)28)23(26)29)9-25-10-18-16-7-5-4-6-15(16)14(11-27)8-19(18)32-25/h4-8,12-13,20-21,27-28H,9-11H2,1-3H3. The summed E-state index contributed by atoms with van der Waals surface area (Å²) in [4.78, 5) is 28.0. The van der Waals surface area contributed by atoms with Crippen LogP contribution in [-0.2, 0) is 27.5 Å². The minimum absolute atomic E-state index is 0.0253.